The first-order valence-electron chi connectivity index (χ1n) is 11.7. The van der Waals surface area contributed by atoms with Gasteiger partial charge in [-0.2, -0.15) is 8.42 Å². The van der Waals surface area contributed by atoms with E-state index in [0.717, 1.165) is 29.7 Å². The zero-order valence-electron chi connectivity index (χ0n) is 20.4. The topological polar surface area (TPSA) is 106 Å². The molecule has 1 heterocycles. The number of hydrogen-bond donors (Lipinski definition) is 1. The molecule has 0 bridgehead atoms. The van der Waals surface area contributed by atoms with Crippen LogP contribution >= 0.6 is 23.4 Å². The summed E-state index contributed by atoms with van der Waals surface area (Å²) >= 11 is 7.10. The van der Waals surface area contributed by atoms with E-state index in [1.165, 1.54) is 55.6 Å². The minimum Gasteiger partial charge on any atom is -0.416 e. The summed E-state index contributed by atoms with van der Waals surface area (Å²) in [6, 6.07) is 17.0. The van der Waals surface area contributed by atoms with Crippen LogP contribution in [0.4, 0.5) is 4.79 Å². The maximum Gasteiger partial charge on any atom is 0.372 e. The number of aryl methyl sites for hydroxylation is 1. The molecule has 1 N–H and O–H groups in total. The molecule has 0 atom stereocenters. The highest BCUT2D eigenvalue weighted by atomic mass is 35.5. The third-order valence-electron chi connectivity index (χ3n) is 5.01. The lowest BCUT2D eigenvalue weighted by molar-refractivity contribution is 0.227. The summed E-state index contributed by atoms with van der Waals surface area (Å²) in [5.41, 5.74) is 2.30. The summed E-state index contributed by atoms with van der Waals surface area (Å²) in [4.78, 5) is 12.0. The third kappa shape index (κ3) is 11.1. The fourth-order valence-corrected chi connectivity index (χ4v) is 4.37. The van der Waals surface area contributed by atoms with E-state index in [1.54, 1.807) is 12.1 Å². The lowest BCUT2D eigenvalue weighted by atomic mass is 10.1. The predicted molar refractivity (Wildman–Crippen MR) is 145 cm³/mol. The number of unbranched alkanes of at least 4 members (excludes halogenated alkanes) is 5. The molecule has 0 amide bonds. The van der Waals surface area contributed by atoms with Crippen LogP contribution in [0, 0.1) is 6.92 Å². The van der Waals surface area contributed by atoms with Gasteiger partial charge in [0.05, 0.1) is 4.90 Å². The molecular formula is C26H31ClN2O5S2. The third-order valence-corrected chi connectivity index (χ3v) is 6.87. The average molecular weight is 551 g/mol. The fourth-order valence-electron chi connectivity index (χ4n) is 3.09. The number of halogens is 1. The van der Waals surface area contributed by atoms with Crippen LogP contribution < -0.4 is 4.74 Å². The van der Waals surface area contributed by atoms with Crippen LogP contribution in [0.3, 0.4) is 0 Å². The van der Waals surface area contributed by atoms with Crippen LogP contribution in [0.2, 0.25) is 5.15 Å². The molecule has 0 saturated carbocycles. The lowest BCUT2D eigenvalue weighted by Crippen LogP contribution is -2.04. The van der Waals surface area contributed by atoms with Gasteiger partial charge in [-0.05, 0) is 37.2 Å². The summed E-state index contributed by atoms with van der Waals surface area (Å²) in [7, 11) is -4.02. The van der Waals surface area contributed by atoms with Crippen molar-refractivity contribution >= 4 is 38.8 Å². The summed E-state index contributed by atoms with van der Waals surface area (Å²) in [5, 5.41) is 7.78. The molecule has 2 aromatic carbocycles. The van der Waals surface area contributed by atoms with Crippen molar-refractivity contribution in [3.63, 3.8) is 0 Å². The fraction of sp³-hybridized carbons (Fsp3) is 0.346. The van der Waals surface area contributed by atoms with E-state index in [0.29, 0.717) is 11.4 Å². The highest BCUT2D eigenvalue weighted by Crippen LogP contribution is 2.30. The zero-order valence-corrected chi connectivity index (χ0v) is 22.8. The highest BCUT2D eigenvalue weighted by molar-refractivity contribution is 8.13. The quantitative estimate of drug-likeness (QED) is 0.156. The van der Waals surface area contributed by atoms with Crippen LogP contribution in [0.25, 0.3) is 11.3 Å². The Balaban J connectivity index is 0.000000346. The number of aromatic nitrogens is 2. The van der Waals surface area contributed by atoms with Crippen LogP contribution in [-0.2, 0) is 10.1 Å². The van der Waals surface area contributed by atoms with Gasteiger partial charge >= 0.3 is 5.30 Å². The average Bonchev–Trinajstić information content (AvgIpc) is 2.84. The maximum atomic E-state index is 12.1. The van der Waals surface area contributed by atoms with Crippen molar-refractivity contribution in [2.45, 2.75) is 57.3 Å². The van der Waals surface area contributed by atoms with Crippen molar-refractivity contribution in [3.8, 4) is 17.0 Å². The van der Waals surface area contributed by atoms with Gasteiger partial charge in [0.2, 0.25) is 0 Å². The highest BCUT2D eigenvalue weighted by Gasteiger charge is 2.14. The van der Waals surface area contributed by atoms with E-state index in [-0.39, 0.29) is 15.3 Å². The van der Waals surface area contributed by atoms with Gasteiger partial charge in [0.15, 0.2) is 10.9 Å². The molecule has 0 aliphatic carbocycles. The van der Waals surface area contributed by atoms with Crippen LogP contribution in [-0.4, -0.2) is 34.2 Å². The Morgan fingerprint density at radius 3 is 2.25 bits per heavy atom. The van der Waals surface area contributed by atoms with E-state index in [1.807, 2.05) is 37.3 Å². The molecule has 36 heavy (non-hydrogen) atoms. The minimum absolute atomic E-state index is 0.0666. The van der Waals surface area contributed by atoms with Crippen molar-refractivity contribution in [1.29, 1.82) is 0 Å². The molecule has 0 aliphatic heterocycles. The number of benzene rings is 2. The Labute approximate surface area is 222 Å². The molecular weight excluding hydrogens is 520 g/mol. The van der Waals surface area contributed by atoms with Gasteiger partial charge in [0, 0.05) is 17.4 Å². The Hall–Kier alpha value is -2.46. The van der Waals surface area contributed by atoms with Crippen LogP contribution in [0.15, 0.2) is 65.6 Å². The van der Waals surface area contributed by atoms with E-state index >= 15 is 0 Å². The standard InChI is InChI=1S/C19H23ClN2O2S.C7H8O3S/c1-2-3-4-5-6-10-13-25-19(23)24-16-14-17(20)21-22-18(16)15-11-8-7-9-12-15;1-6-2-4-7(5-3-6)11(8,9)10/h7-9,11-12,14H,2-6,10,13H2,1H3;2-5H,1H3,(H,8,9,10). The number of carbonyl (C=O) groups excluding carboxylic acids is 1. The Bertz CT molecular complexity index is 1190. The smallest absolute Gasteiger partial charge is 0.372 e. The SMILES string of the molecule is CCCCCCCCSC(=O)Oc1cc(Cl)nnc1-c1ccccc1.Cc1ccc(S(=O)(=O)O)cc1. The van der Waals surface area contributed by atoms with Crippen molar-refractivity contribution in [1.82, 2.24) is 10.2 Å². The van der Waals surface area contributed by atoms with Gasteiger partial charge in [-0.25, -0.2) is 4.79 Å². The second-order valence-electron chi connectivity index (χ2n) is 8.00. The van der Waals surface area contributed by atoms with Crippen molar-refractivity contribution in [2.24, 2.45) is 0 Å². The van der Waals surface area contributed by atoms with Crippen molar-refractivity contribution in [3.05, 3.63) is 71.4 Å². The molecule has 3 rings (SSSR count). The Kier molecular flexibility index (Phi) is 12.9. The van der Waals surface area contributed by atoms with Crippen LogP contribution in [0.5, 0.6) is 5.75 Å². The summed E-state index contributed by atoms with van der Waals surface area (Å²) in [6.07, 6.45) is 7.20. The van der Waals surface area contributed by atoms with Crippen molar-refractivity contribution in [2.75, 3.05) is 5.75 Å². The second-order valence-corrected chi connectivity index (χ2v) is 10.8. The van der Waals surface area contributed by atoms with E-state index in [2.05, 4.69) is 17.1 Å². The number of carbonyl (C=O) groups is 1. The van der Waals surface area contributed by atoms with Gasteiger partial charge in [-0.1, -0.05) is 98.7 Å². The summed E-state index contributed by atoms with van der Waals surface area (Å²) in [5.74, 6) is 1.10. The Morgan fingerprint density at radius 2 is 1.61 bits per heavy atom. The number of ether oxygens (including phenoxy) is 1. The molecule has 0 aliphatic rings. The molecule has 0 spiro atoms. The summed E-state index contributed by atoms with van der Waals surface area (Å²) in [6.45, 7) is 4.05. The molecule has 0 unspecified atom stereocenters. The zero-order chi connectivity index (χ0) is 26.4. The first kappa shape index (κ1) is 29.8. The molecule has 1 aromatic heterocycles. The molecule has 0 fully saturated rings. The molecule has 194 valence electrons. The van der Waals surface area contributed by atoms with Crippen molar-refractivity contribution < 1.29 is 22.5 Å². The lowest BCUT2D eigenvalue weighted by Gasteiger charge is -2.09. The van der Waals surface area contributed by atoms with Gasteiger partial charge < -0.3 is 4.74 Å². The van der Waals surface area contributed by atoms with Gasteiger partial charge in [-0.15, -0.1) is 10.2 Å². The van der Waals surface area contributed by atoms with Gasteiger partial charge in [-0.3, -0.25) is 4.55 Å². The van der Waals surface area contributed by atoms with Gasteiger partial charge in [0.25, 0.3) is 10.1 Å². The number of rotatable bonds is 10. The molecule has 0 radical (unpaired) electrons. The first-order valence-corrected chi connectivity index (χ1v) is 14.5. The number of thioether (sulfide) groups is 1. The number of hydrogen-bond acceptors (Lipinski definition) is 7. The molecule has 7 nitrogen and oxygen atoms in total. The monoisotopic (exact) mass is 550 g/mol. The second kappa shape index (κ2) is 15.6. The van der Waals surface area contributed by atoms with Crippen LogP contribution in [0.1, 0.15) is 51.0 Å². The normalized spacial score (nSPS) is 10.9. The maximum absolute atomic E-state index is 12.1. The molecule has 3 aromatic rings. The first-order chi connectivity index (χ1) is 17.2. The van der Waals surface area contributed by atoms with Gasteiger partial charge in [0.1, 0.15) is 5.69 Å². The predicted octanol–water partition coefficient (Wildman–Crippen LogP) is 7.63. The minimum atomic E-state index is -4.02. The Morgan fingerprint density at radius 1 is 0.972 bits per heavy atom. The summed E-state index contributed by atoms with van der Waals surface area (Å²) < 4.78 is 35.0. The largest absolute Gasteiger partial charge is 0.416 e. The van der Waals surface area contributed by atoms with E-state index in [9.17, 15) is 13.2 Å². The molecule has 0 saturated heterocycles. The van der Waals surface area contributed by atoms with E-state index in [4.69, 9.17) is 20.9 Å². The molecule has 10 heteroatoms. The number of nitrogens with zero attached hydrogens (tertiary/aromatic N) is 2. The van der Waals surface area contributed by atoms with E-state index < -0.39 is 10.1 Å².